The average molecular weight is 220 g/mol. The number of carbonyl (C=O) groups is 1. The molecule has 2 N–H and O–H groups in total. The van der Waals surface area contributed by atoms with Crippen LogP contribution in [0.2, 0.25) is 0 Å². The van der Waals surface area contributed by atoms with Gasteiger partial charge in [0.2, 0.25) is 5.91 Å². The molecule has 1 saturated heterocycles. The van der Waals surface area contributed by atoms with Crippen LogP contribution in [-0.2, 0) is 4.79 Å². The number of benzene rings is 1. The number of para-hydroxylation sites is 1. The maximum absolute atomic E-state index is 11.3. The SMILES string of the molecule is CC(O)c1ccccc1N1CCNC(=O)C1. The Hall–Kier alpha value is -1.55. The van der Waals surface area contributed by atoms with Crippen molar-refractivity contribution < 1.29 is 9.90 Å². The molecule has 1 aromatic rings. The van der Waals surface area contributed by atoms with Gasteiger partial charge < -0.3 is 15.3 Å². The van der Waals surface area contributed by atoms with Crippen LogP contribution >= 0.6 is 0 Å². The number of aliphatic hydroxyl groups excluding tert-OH is 1. The molecule has 0 radical (unpaired) electrons. The molecule has 86 valence electrons. The van der Waals surface area contributed by atoms with Gasteiger partial charge in [-0.15, -0.1) is 0 Å². The zero-order chi connectivity index (χ0) is 11.5. The predicted octanol–water partition coefficient (Wildman–Crippen LogP) is 0.676. The Labute approximate surface area is 94.9 Å². The topological polar surface area (TPSA) is 52.6 Å². The molecule has 16 heavy (non-hydrogen) atoms. The third kappa shape index (κ3) is 2.17. The van der Waals surface area contributed by atoms with Crippen LogP contribution in [0.4, 0.5) is 5.69 Å². The van der Waals surface area contributed by atoms with E-state index < -0.39 is 6.10 Å². The van der Waals surface area contributed by atoms with Gasteiger partial charge in [0.05, 0.1) is 12.6 Å². The largest absolute Gasteiger partial charge is 0.389 e. The summed E-state index contributed by atoms with van der Waals surface area (Å²) in [6.07, 6.45) is -0.513. The van der Waals surface area contributed by atoms with Gasteiger partial charge in [-0.05, 0) is 13.0 Å². The van der Waals surface area contributed by atoms with Crippen LogP contribution < -0.4 is 10.2 Å². The molecule has 1 aliphatic rings. The summed E-state index contributed by atoms with van der Waals surface area (Å²) in [6, 6.07) is 7.66. The van der Waals surface area contributed by atoms with Crippen LogP contribution in [0.15, 0.2) is 24.3 Å². The van der Waals surface area contributed by atoms with Gasteiger partial charge in [0.25, 0.3) is 0 Å². The van der Waals surface area contributed by atoms with E-state index in [2.05, 4.69) is 5.32 Å². The van der Waals surface area contributed by atoms with Crippen molar-refractivity contribution in [3.05, 3.63) is 29.8 Å². The number of aliphatic hydroxyl groups is 1. The molecular formula is C12H16N2O2. The average Bonchev–Trinajstić information content (AvgIpc) is 2.29. The number of hydrogen-bond acceptors (Lipinski definition) is 3. The molecule has 4 nitrogen and oxygen atoms in total. The summed E-state index contributed by atoms with van der Waals surface area (Å²) in [5, 5.41) is 12.5. The number of rotatable bonds is 2. The lowest BCUT2D eigenvalue weighted by Crippen LogP contribution is -2.48. The van der Waals surface area contributed by atoms with Crippen molar-refractivity contribution in [3.8, 4) is 0 Å². The van der Waals surface area contributed by atoms with Gasteiger partial charge in [-0.1, -0.05) is 18.2 Å². The van der Waals surface area contributed by atoms with Gasteiger partial charge in [-0.3, -0.25) is 4.79 Å². The molecule has 0 bridgehead atoms. The molecular weight excluding hydrogens is 204 g/mol. The van der Waals surface area contributed by atoms with E-state index in [0.717, 1.165) is 17.8 Å². The van der Waals surface area contributed by atoms with E-state index in [1.165, 1.54) is 0 Å². The number of anilines is 1. The molecule has 1 fully saturated rings. The van der Waals surface area contributed by atoms with Gasteiger partial charge >= 0.3 is 0 Å². The maximum Gasteiger partial charge on any atom is 0.239 e. The lowest BCUT2D eigenvalue weighted by Gasteiger charge is -2.30. The predicted molar refractivity (Wildman–Crippen MR) is 62.3 cm³/mol. The number of hydrogen-bond donors (Lipinski definition) is 2. The summed E-state index contributed by atoms with van der Waals surface area (Å²) in [7, 11) is 0. The van der Waals surface area contributed by atoms with Crippen LogP contribution in [0.5, 0.6) is 0 Å². The molecule has 1 aliphatic heterocycles. The van der Waals surface area contributed by atoms with Gasteiger partial charge in [-0.2, -0.15) is 0 Å². The molecule has 1 aromatic carbocycles. The number of amides is 1. The smallest absolute Gasteiger partial charge is 0.239 e. The van der Waals surface area contributed by atoms with Crippen molar-refractivity contribution in [1.29, 1.82) is 0 Å². The van der Waals surface area contributed by atoms with Crippen LogP contribution in [0.3, 0.4) is 0 Å². The maximum atomic E-state index is 11.3. The molecule has 0 saturated carbocycles. The molecule has 0 aromatic heterocycles. The zero-order valence-corrected chi connectivity index (χ0v) is 9.31. The Kier molecular flexibility index (Phi) is 3.10. The standard InChI is InChI=1S/C12H16N2O2/c1-9(15)10-4-2-3-5-11(10)14-7-6-13-12(16)8-14/h2-5,9,15H,6-8H2,1H3,(H,13,16). The van der Waals surface area contributed by atoms with E-state index in [1.807, 2.05) is 29.2 Å². The highest BCUT2D eigenvalue weighted by molar-refractivity contribution is 5.83. The van der Waals surface area contributed by atoms with Gasteiger partial charge in [0.15, 0.2) is 0 Å². The summed E-state index contributed by atoms with van der Waals surface area (Å²) in [6.45, 7) is 3.55. The van der Waals surface area contributed by atoms with Crippen molar-refractivity contribution >= 4 is 11.6 Å². The summed E-state index contributed by atoms with van der Waals surface area (Å²) in [5.74, 6) is 0.0339. The Morgan fingerprint density at radius 2 is 2.19 bits per heavy atom. The molecule has 1 heterocycles. The summed E-state index contributed by atoms with van der Waals surface area (Å²) >= 11 is 0. The first kappa shape index (κ1) is 11.0. The molecule has 4 heteroatoms. The molecule has 1 amide bonds. The summed E-state index contributed by atoms with van der Waals surface area (Å²) in [5.41, 5.74) is 1.82. The van der Waals surface area contributed by atoms with Crippen molar-refractivity contribution in [1.82, 2.24) is 5.32 Å². The van der Waals surface area contributed by atoms with Crippen molar-refractivity contribution in [2.45, 2.75) is 13.0 Å². The van der Waals surface area contributed by atoms with E-state index in [1.54, 1.807) is 6.92 Å². The monoisotopic (exact) mass is 220 g/mol. The minimum Gasteiger partial charge on any atom is -0.389 e. The summed E-state index contributed by atoms with van der Waals surface area (Å²) < 4.78 is 0. The van der Waals surface area contributed by atoms with E-state index in [-0.39, 0.29) is 5.91 Å². The van der Waals surface area contributed by atoms with E-state index in [9.17, 15) is 9.90 Å². The second kappa shape index (κ2) is 4.53. The van der Waals surface area contributed by atoms with Crippen LogP contribution in [0.25, 0.3) is 0 Å². The highest BCUT2D eigenvalue weighted by atomic mass is 16.3. The lowest BCUT2D eigenvalue weighted by atomic mass is 10.1. The Balaban J connectivity index is 2.28. The highest BCUT2D eigenvalue weighted by Gasteiger charge is 2.19. The van der Waals surface area contributed by atoms with E-state index >= 15 is 0 Å². The van der Waals surface area contributed by atoms with Gasteiger partial charge in [-0.25, -0.2) is 0 Å². The third-order valence-corrected chi connectivity index (χ3v) is 2.77. The molecule has 1 atom stereocenters. The fraction of sp³-hybridized carbons (Fsp3) is 0.417. The quantitative estimate of drug-likeness (QED) is 0.770. The van der Waals surface area contributed by atoms with Crippen LogP contribution in [0, 0.1) is 0 Å². The third-order valence-electron chi connectivity index (χ3n) is 2.77. The zero-order valence-electron chi connectivity index (χ0n) is 9.31. The minimum absolute atomic E-state index is 0.0339. The molecule has 0 spiro atoms. The van der Waals surface area contributed by atoms with E-state index in [0.29, 0.717) is 13.1 Å². The Morgan fingerprint density at radius 1 is 1.44 bits per heavy atom. The number of carbonyl (C=O) groups excluding carboxylic acids is 1. The Bertz CT molecular complexity index is 390. The Morgan fingerprint density at radius 3 is 2.88 bits per heavy atom. The van der Waals surface area contributed by atoms with Crippen LogP contribution in [-0.4, -0.2) is 30.6 Å². The van der Waals surface area contributed by atoms with Crippen molar-refractivity contribution in [2.24, 2.45) is 0 Å². The molecule has 0 aliphatic carbocycles. The highest BCUT2D eigenvalue weighted by Crippen LogP contribution is 2.26. The van der Waals surface area contributed by atoms with Gasteiger partial charge in [0.1, 0.15) is 0 Å². The first-order chi connectivity index (χ1) is 7.68. The normalized spacial score (nSPS) is 18.1. The number of nitrogens with one attached hydrogen (secondary N) is 1. The first-order valence-corrected chi connectivity index (χ1v) is 5.47. The second-order valence-electron chi connectivity index (χ2n) is 4.01. The number of piperazine rings is 1. The van der Waals surface area contributed by atoms with Gasteiger partial charge in [0, 0.05) is 24.3 Å². The lowest BCUT2D eigenvalue weighted by molar-refractivity contribution is -0.120. The van der Waals surface area contributed by atoms with Crippen molar-refractivity contribution in [3.63, 3.8) is 0 Å². The number of nitrogens with zero attached hydrogens (tertiary/aromatic N) is 1. The minimum atomic E-state index is -0.513. The first-order valence-electron chi connectivity index (χ1n) is 5.47. The summed E-state index contributed by atoms with van der Waals surface area (Å²) in [4.78, 5) is 13.3. The van der Waals surface area contributed by atoms with Crippen molar-refractivity contribution in [2.75, 3.05) is 24.5 Å². The molecule has 1 unspecified atom stereocenters. The van der Waals surface area contributed by atoms with E-state index in [4.69, 9.17) is 0 Å². The molecule has 2 rings (SSSR count). The second-order valence-corrected chi connectivity index (χ2v) is 4.01. The fourth-order valence-corrected chi connectivity index (χ4v) is 1.97. The van der Waals surface area contributed by atoms with Crippen LogP contribution in [0.1, 0.15) is 18.6 Å². The fourth-order valence-electron chi connectivity index (χ4n) is 1.97.